The number of amides is 1. The first-order chi connectivity index (χ1) is 12.6. The van der Waals surface area contributed by atoms with Crippen molar-refractivity contribution in [1.82, 2.24) is 15.1 Å². The van der Waals surface area contributed by atoms with Crippen molar-refractivity contribution in [3.05, 3.63) is 29.8 Å². The third-order valence-electron chi connectivity index (χ3n) is 5.61. The second-order valence-corrected chi connectivity index (χ2v) is 7.51. The second-order valence-electron chi connectivity index (χ2n) is 7.51. The Morgan fingerprint density at radius 2 is 1.81 bits per heavy atom. The summed E-state index contributed by atoms with van der Waals surface area (Å²) in [6.45, 7) is 8.34. The molecular formula is C20H31N3O3. The molecule has 0 bridgehead atoms. The van der Waals surface area contributed by atoms with Gasteiger partial charge in [0.25, 0.3) is 5.91 Å². The van der Waals surface area contributed by atoms with Crippen molar-refractivity contribution in [3.8, 4) is 5.75 Å². The van der Waals surface area contributed by atoms with E-state index in [1.54, 1.807) is 0 Å². The number of aryl methyl sites for hydroxylation is 1. The molecular weight excluding hydrogens is 330 g/mol. The molecule has 2 saturated heterocycles. The maximum Gasteiger partial charge on any atom is 0.258 e. The fraction of sp³-hybridized carbons (Fsp3) is 0.650. The largest absolute Gasteiger partial charge is 0.484 e. The number of piperidine rings is 1. The van der Waals surface area contributed by atoms with Crippen LogP contribution < -0.4 is 10.1 Å². The molecule has 0 aliphatic carbocycles. The van der Waals surface area contributed by atoms with Crippen molar-refractivity contribution >= 4 is 5.91 Å². The Labute approximate surface area is 156 Å². The minimum Gasteiger partial charge on any atom is -0.484 e. The molecule has 6 nitrogen and oxygen atoms in total. The van der Waals surface area contributed by atoms with Gasteiger partial charge in [0.2, 0.25) is 0 Å². The monoisotopic (exact) mass is 361 g/mol. The molecule has 0 spiro atoms. The molecule has 0 unspecified atom stereocenters. The molecule has 2 fully saturated rings. The summed E-state index contributed by atoms with van der Waals surface area (Å²) in [6, 6.07) is 7.77. The number of hydrogen-bond acceptors (Lipinski definition) is 5. The fourth-order valence-electron chi connectivity index (χ4n) is 3.77. The van der Waals surface area contributed by atoms with Crippen LogP contribution in [0.5, 0.6) is 5.75 Å². The number of ether oxygens (including phenoxy) is 2. The average molecular weight is 361 g/mol. The molecule has 0 saturated carbocycles. The smallest absolute Gasteiger partial charge is 0.258 e. The zero-order chi connectivity index (χ0) is 18.4. The van der Waals surface area contributed by atoms with Gasteiger partial charge in [0.15, 0.2) is 6.61 Å². The summed E-state index contributed by atoms with van der Waals surface area (Å²) in [7, 11) is 2.16. The second kappa shape index (κ2) is 8.84. The van der Waals surface area contributed by atoms with Crippen LogP contribution in [0.1, 0.15) is 18.4 Å². The van der Waals surface area contributed by atoms with Crippen LogP contribution in [0, 0.1) is 6.92 Å². The maximum atomic E-state index is 12.3. The highest BCUT2D eigenvalue weighted by Gasteiger charge is 2.40. The summed E-state index contributed by atoms with van der Waals surface area (Å²) in [5.41, 5.74) is 1.21. The van der Waals surface area contributed by atoms with E-state index in [9.17, 15) is 4.79 Å². The lowest BCUT2D eigenvalue weighted by Crippen LogP contribution is -2.62. The minimum atomic E-state index is -0.0582. The molecule has 3 rings (SSSR count). The topological polar surface area (TPSA) is 54.0 Å². The highest BCUT2D eigenvalue weighted by molar-refractivity contribution is 5.77. The molecule has 2 aliphatic heterocycles. The van der Waals surface area contributed by atoms with E-state index in [1.165, 1.54) is 5.56 Å². The van der Waals surface area contributed by atoms with Crippen LogP contribution in [0.25, 0.3) is 0 Å². The summed E-state index contributed by atoms with van der Waals surface area (Å²) in [6.07, 6.45) is 2.14. The summed E-state index contributed by atoms with van der Waals surface area (Å²) < 4.78 is 11.1. The van der Waals surface area contributed by atoms with Gasteiger partial charge in [0.1, 0.15) is 5.75 Å². The number of nitrogens with zero attached hydrogens (tertiary/aromatic N) is 2. The Morgan fingerprint density at radius 3 is 2.46 bits per heavy atom. The number of benzene rings is 1. The van der Waals surface area contributed by atoms with Crippen LogP contribution in [0.15, 0.2) is 24.3 Å². The first kappa shape index (κ1) is 19.1. The summed E-state index contributed by atoms with van der Waals surface area (Å²) >= 11 is 0. The lowest BCUT2D eigenvalue weighted by atomic mass is 9.85. The molecule has 1 aromatic carbocycles. The van der Waals surface area contributed by atoms with Gasteiger partial charge in [-0.1, -0.05) is 17.7 Å². The van der Waals surface area contributed by atoms with Crippen molar-refractivity contribution in [3.63, 3.8) is 0 Å². The highest BCUT2D eigenvalue weighted by atomic mass is 16.5. The zero-order valence-corrected chi connectivity index (χ0v) is 16.0. The van der Waals surface area contributed by atoms with Gasteiger partial charge >= 0.3 is 0 Å². The Bertz CT molecular complexity index is 576. The van der Waals surface area contributed by atoms with Gasteiger partial charge in [-0.05, 0) is 52.0 Å². The highest BCUT2D eigenvalue weighted by Crippen LogP contribution is 2.29. The standard InChI is InChI=1S/C20H31N3O3/c1-17-3-5-18(6-4-17)26-15-19(24)21-16-20(7-9-22(2)10-8-20)23-11-13-25-14-12-23/h3-6H,7-16H2,1-2H3,(H,21,24). The SMILES string of the molecule is Cc1ccc(OCC(=O)NCC2(N3CCOCC3)CCN(C)CC2)cc1. The Morgan fingerprint density at radius 1 is 1.15 bits per heavy atom. The van der Waals surface area contributed by atoms with Crippen LogP contribution in [0.3, 0.4) is 0 Å². The molecule has 6 heteroatoms. The Kier molecular flexibility index (Phi) is 6.51. The number of likely N-dealkylation sites (tertiary alicyclic amines) is 1. The van der Waals surface area contributed by atoms with Crippen LogP contribution in [0.2, 0.25) is 0 Å². The number of nitrogens with one attached hydrogen (secondary N) is 1. The number of rotatable bonds is 6. The molecule has 0 aromatic heterocycles. The first-order valence-electron chi connectivity index (χ1n) is 9.55. The van der Waals surface area contributed by atoms with Gasteiger partial charge in [-0.25, -0.2) is 0 Å². The molecule has 1 N–H and O–H groups in total. The molecule has 2 heterocycles. The van der Waals surface area contributed by atoms with E-state index in [-0.39, 0.29) is 18.1 Å². The number of morpholine rings is 1. The normalized spacial score (nSPS) is 21.3. The third kappa shape index (κ3) is 4.96. The van der Waals surface area contributed by atoms with Gasteiger partial charge in [0, 0.05) is 25.2 Å². The number of carbonyl (C=O) groups excluding carboxylic acids is 1. The lowest BCUT2D eigenvalue weighted by molar-refractivity contribution is -0.124. The van der Waals surface area contributed by atoms with Crippen LogP contribution >= 0.6 is 0 Å². The van der Waals surface area contributed by atoms with E-state index in [0.29, 0.717) is 6.54 Å². The van der Waals surface area contributed by atoms with Gasteiger partial charge in [-0.2, -0.15) is 0 Å². The zero-order valence-electron chi connectivity index (χ0n) is 16.0. The first-order valence-corrected chi connectivity index (χ1v) is 9.55. The quantitative estimate of drug-likeness (QED) is 0.827. The Balaban J connectivity index is 1.53. The molecule has 1 aromatic rings. The predicted molar refractivity (Wildman–Crippen MR) is 102 cm³/mol. The van der Waals surface area contributed by atoms with Crippen LogP contribution in [0.4, 0.5) is 0 Å². The van der Waals surface area contributed by atoms with E-state index in [1.807, 2.05) is 31.2 Å². The number of carbonyl (C=O) groups is 1. The average Bonchev–Trinajstić information content (AvgIpc) is 2.68. The predicted octanol–water partition coefficient (Wildman–Crippen LogP) is 1.29. The van der Waals surface area contributed by atoms with Gasteiger partial charge in [-0.3, -0.25) is 9.69 Å². The van der Waals surface area contributed by atoms with Crippen molar-refractivity contribution in [2.24, 2.45) is 0 Å². The summed E-state index contributed by atoms with van der Waals surface area (Å²) in [5.74, 6) is 0.671. The van der Waals surface area contributed by atoms with Gasteiger partial charge < -0.3 is 19.7 Å². The van der Waals surface area contributed by atoms with Crippen LogP contribution in [-0.4, -0.2) is 80.8 Å². The summed E-state index contributed by atoms with van der Waals surface area (Å²) in [4.78, 5) is 17.2. The van der Waals surface area contributed by atoms with Crippen molar-refractivity contribution in [1.29, 1.82) is 0 Å². The molecule has 0 radical (unpaired) electrons. The van der Waals surface area contributed by atoms with E-state index in [4.69, 9.17) is 9.47 Å². The van der Waals surface area contributed by atoms with E-state index in [0.717, 1.165) is 58.0 Å². The van der Waals surface area contributed by atoms with Crippen molar-refractivity contribution < 1.29 is 14.3 Å². The van der Waals surface area contributed by atoms with Crippen molar-refractivity contribution in [2.45, 2.75) is 25.3 Å². The van der Waals surface area contributed by atoms with Crippen LogP contribution in [-0.2, 0) is 9.53 Å². The fourth-order valence-corrected chi connectivity index (χ4v) is 3.77. The van der Waals surface area contributed by atoms with Crippen molar-refractivity contribution in [2.75, 3.05) is 59.6 Å². The van der Waals surface area contributed by atoms with Gasteiger partial charge in [-0.15, -0.1) is 0 Å². The molecule has 1 amide bonds. The lowest BCUT2D eigenvalue weighted by Gasteiger charge is -2.49. The molecule has 2 aliphatic rings. The maximum absolute atomic E-state index is 12.3. The molecule has 144 valence electrons. The Hall–Kier alpha value is -1.63. The third-order valence-corrected chi connectivity index (χ3v) is 5.61. The van der Waals surface area contributed by atoms with E-state index < -0.39 is 0 Å². The van der Waals surface area contributed by atoms with Gasteiger partial charge in [0.05, 0.1) is 13.2 Å². The van der Waals surface area contributed by atoms with E-state index in [2.05, 4.69) is 22.2 Å². The number of hydrogen-bond donors (Lipinski definition) is 1. The molecule has 26 heavy (non-hydrogen) atoms. The minimum absolute atomic E-state index is 0.0375. The van der Waals surface area contributed by atoms with E-state index >= 15 is 0 Å². The molecule has 0 atom stereocenters. The summed E-state index contributed by atoms with van der Waals surface area (Å²) in [5, 5.41) is 3.12.